The van der Waals surface area contributed by atoms with Gasteiger partial charge >= 0.3 is 22.7 Å². The standard InChI is InChI=1S/C23H18N4O3.C18H16N4O4.C17H13ClN4O3.C17H14N4O3/c1-30-22-11-10-18(15-21(22)27(28)29)20-12-13-24-23(26-20)25-19-9-5-8-17(14-19)16-6-3-2-4-7-16;1-25-14-5-3-4-13(11-14)20-18-19-9-8-15(21-18)12-6-7-17(26-2)16(10-12)22(23)24;1-25-16-6-5-11(9-15(16)22(23)24)14-7-8-19-17(21-14)20-13-4-2-3-12(18)10-13;1-24-16-8-7-12(11-15(16)21(22)23)14-9-10-18-17(20-14)19-13-5-3-2-4-6-13/h2-15H,1H3,(H,24,25,26);3-11H,1-2H3,(H,19,20,21);2-10H,1H3,(H,19,20,21);2-11H,1H3,(H,18,19,20). The van der Waals surface area contributed by atoms with E-state index in [0.29, 0.717) is 79.6 Å². The summed E-state index contributed by atoms with van der Waals surface area (Å²) < 4.78 is 25.3. The number of benzene rings is 9. The van der Waals surface area contributed by atoms with Gasteiger partial charge in [-0.1, -0.05) is 84.4 Å². The Morgan fingerprint density at radius 2 is 0.600 bits per heavy atom. The lowest BCUT2D eigenvalue weighted by molar-refractivity contribution is -0.385. The third kappa shape index (κ3) is 19.9. The smallest absolute Gasteiger partial charge is 0.311 e. The molecule has 0 atom stereocenters. The number of hydrogen-bond donors (Lipinski definition) is 4. The maximum atomic E-state index is 11.3. The highest BCUT2D eigenvalue weighted by atomic mass is 35.5. The lowest BCUT2D eigenvalue weighted by Crippen LogP contribution is -1.99. The van der Waals surface area contributed by atoms with E-state index in [1.54, 1.807) is 123 Å². The summed E-state index contributed by atoms with van der Waals surface area (Å²) in [5.41, 5.74) is 9.57. The number of ether oxygens (including phenoxy) is 5. The fraction of sp³-hybridized carbons (Fsp3) is 0.0667. The van der Waals surface area contributed by atoms with Gasteiger partial charge < -0.3 is 45.0 Å². The van der Waals surface area contributed by atoms with Crippen molar-refractivity contribution in [3.63, 3.8) is 0 Å². The van der Waals surface area contributed by atoms with E-state index in [4.69, 9.17) is 35.3 Å². The summed E-state index contributed by atoms with van der Waals surface area (Å²) in [5, 5.41) is 57.9. The van der Waals surface area contributed by atoms with Gasteiger partial charge in [-0.2, -0.15) is 0 Å². The molecule has 0 saturated carbocycles. The van der Waals surface area contributed by atoms with Crippen molar-refractivity contribution in [1.82, 2.24) is 39.9 Å². The highest BCUT2D eigenvalue weighted by molar-refractivity contribution is 6.30. The molecule has 0 unspecified atom stereocenters. The zero-order valence-electron chi connectivity index (χ0n) is 56.3. The first kappa shape index (κ1) is 73.1. The molecule has 105 heavy (non-hydrogen) atoms. The molecule has 30 heteroatoms. The Balaban J connectivity index is 0.000000151. The molecule has 0 bridgehead atoms. The number of para-hydroxylation sites is 1. The van der Waals surface area contributed by atoms with Crippen LogP contribution in [0.15, 0.2) is 255 Å². The third-order valence-electron chi connectivity index (χ3n) is 15.0. The number of nitro benzene ring substituents is 4. The van der Waals surface area contributed by atoms with Gasteiger partial charge in [0.1, 0.15) is 5.75 Å². The van der Waals surface area contributed by atoms with Gasteiger partial charge in [0.15, 0.2) is 23.0 Å². The highest BCUT2D eigenvalue weighted by Gasteiger charge is 2.21. The number of nitrogens with zero attached hydrogens (tertiary/aromatic N) is 12. The molecule has 526 valence electrons. The molecule has 0 saturated heterocycles. The van der Waals surface area contributed by atoms with Crippen molar-refractivity contribution in [3.05, 3.63) is 301 Å². The first-order valence-electron chi connectivity index (χ1n) is 31.3. The van der Waals surface area contributed by atoms with Crippen LogP contribution in [-0.2, 0) is 0 Å². The van der Waals surface area contributed by atoms with Gasteiger partial charge in [0.25, 0.3) is 0 Å². The van der Waals surface area contributed by atoms with E-state index in [0.717, 1.165) is 33.9 Å². The van der Waals surface area contributed by atoms with Crippen LogP contribution >= 0.6 is 11.6 Å². The van der Waals surface area contributed by atoms with Gasteiger partial charge in [-0.05, 0) is 139 Å². The van der Waals surface area contributed by atoms with Gasteiger partial charge in [-0.3, -0.25) is 40.5 Å². The fourth-order valence-corrected chi connectivity index (χ4v) is 10.2. The van der Waals surface area contributed by atoms with Crippen molar-refractivity contribution in [2.24, 2.45) is 0 Å². The minimum absolute atomic E-state index is 0.105. The van der Waals surface area contributed by atoms with E-state index in [1.165, 1.54) is 52.7 Å². The van der Waals surface area contributed by atoms with Crippen molar-refractivity contribution < 1.29 is 43.4 Å². The van der Waals surface area contributed by atoms with Gasteiger partial charge in [-0.25, -0.2) is 39.9 Å². The Bertz CT molecular complexity index is 5230. The average Bonchev–Trinajstić information content (AvgIpc) is 0.830. The van der Waals surface area contributed by atoms with Crippen LogP contribution in [0.3, 0.4) is 0 Å². The van der Waals surface area contributed by atoms with E-state index >= 15 is 0 Å². The molecule has 13 aromatic rings. The lowest BCUT2D eigenvalue weighted by atomic mass is 10.1. The van der Waals surface area contributed by atoms with E-state index in [1.807, 2.05) is 115 Å². The van der Waals surface area contributed by atoms with Crippen LogP contribution < -0.4 is 45.0 Å². The van der Waals surface area contributed by atoms with Crippen molar-refractivity contribution in [2.75, 3.05) is 56.8 Å². The molecular formula is C75H61ClN16O13. The second-order valence-corrected chi connectivity index (χ2v) is 22.1. The molecule has 0 spiro atoms. The average molecular weight is 1430 g/mol. The predicted molar refractivity (Wildman–Crippen MR) is 399 cm³/mol. The van der Waals surface area contributed by atoms with E-state index in [-0.39, 0.29) is 45.7 Å². The molecule has 0 aliphatic carbocycles. The van der Waals surface area contributed by atoms with Crippen LogP contribution in [0.2, 0.25) is 5.02 Å². The highest BCUT2D eigenvalue weighted by Crippen LogP contribution is 2.37. The number of anilines is 8. The van der Waals surface area contributed by atoms with Crippen molar-refractivity contribution >= 4 is 80.9 Å². The number of aromatic nitrogens is 8. The van der Waals surface area contributed by atoms with E-state index in [2.05, 4.69) is 61.1 Å². The second-order valence-electron chi connectivity index (χ2n) is 21.7. The Hall–Kier alpha value is -14.6. The van der Waals surface area contributed by atoms with Gasteiger partial charge in [-0.15, -0.1) is 0 Å². The molecule has 0 aliphatic heterocycles. The van der Waals surface area contributed by atoms with Crippen LogP contribution in [0.5, 0.6) is 28.7 Å². The molecule has 0 radical (unpaired) electrons. The topological polar surface area (TPSA) is 370 Å². The summed E-state index contributed by atoms with van der Waals surface area (Å²) in [7, 11) is 7.17. The van der Waals surface area contributed by atoms with E-state index in [9.17, 15) is 40.5 Å². The summed E-state index contributed by atoms with van der Waals surface area (Å²) in [5.74, 6) is 3.05. The zero-order valence-corrected chi connectivity index (χ0v) is 57.1. The van der Waals surface area contributed by atoms with Crippen LogP contribution in [0.25, 0.3) is 56.2 Å². The number of nitro groups is 4. The largest absolute Gasteiger partial charge is 0.497 e. The zero-order chi connectivity index (χ0) is 74.2. The summed E-state index contributed by atoms with van der Waals surface area (Å²) in [6.45, 7) is 0. The number of nitrogens with one attached hydrogen (secondary N) is 4. The predicted octanol–water partition coefficient (Wildman–Crippen LogP) is 17.5. The summed E-state index contributed by atoms with van der Waals surface area (Å²) in [4.78, 5) is 77.4. The van der Waals surface area contributed by atoms with Gasteiger partial charge in [0.2, 0.25) is 23.8 Å². The van der Waals surface area contributed by atoms with Crippen molar-refractivity contribution in [1.29, 1.82) is 0 Å². The fourth-order valence-electron chi connectivity index (χ4n) is 10.00. The summed E-state index contributed by atoms with van der Waals surface area (Å²) >= 11 is 5.96. The number of halogens is 1. The minimum atomic E-state index is -0.491. The molecule has 4 heterocycles. The Labute approximate surface area is 603 Å². The molecule has 29 nitrogen and oxygen atoms in total. The van der Waals surface area contributed by atoms with Crippen LogP contribution in [-0.4, -0.2) is 95.1 Å². The molecule has 9 aromatic carbocycles. The Morgan fingerprint density at radius 3 is 0.943 bits per heavy atom. The molecule has 0 fully saturated rings. The second kappa shape index (κ2) is 35.4. The van der Waals surface area contributed by atoms with Gasteiger partial charge in [0, 0.05) is 105 Å². The van der Waals surface area contributed by atoms with Gasteiger partial charge in [0.05, 0.1) is 78.0 Å². The molecule has 4 aromatic heterocycles. The number of methoxy groups -OCH3 is 5. The molecule has 4 N–H and O–H groups in total. The van der Waals surface area contributed by atoms with E-state index < -0.39 is 19.7 Å². The molecule has 0 amide bonds. The molecular weight excluding hydrogens is 1370 g/mol. The van der Waals surface area contributed by atoms with Crippen LogP contribution in [0.4, 0.5) is 69.3 Å². The van der Waals surface area contributed by atoms with Crippen molar-refractivity contribution in [3.8, 4) is 84.9 Å². The maximum Gasteiger partial charge on any atom is 0.311 e. The normalized spacial score (nSPS) is 10.3. The quantitative estimate of drug-likeness (QED) is 0.0362. The SMILES string of the molecule is COc1ccc(-c2ccnc(Nc3cccc(-c4ccccc4)c3)n2)cc1[N+](=O)[O-].COc1ccc(-c2ccnc(Nc3cccc(Cl)c3)n2)cc1[N+](=O)[O-].COc1ccc(-c2ccnc(Nc3ccccc3)n2)cc1[N+](=O)[O-].COc1cccc(Nc2nccc(-c3ccc(OC)c([N+](=O)[O-])c3)n2)c1. The first-order chi connectivity index (χ1) is 51.0. The monoisotopic (exact) mass is 1430 g/mol. The molecule has 0 aliphatic rings. The van der Waals surface area contributed by atoms with Crippen molar-refractivity contribution in [2.45, 2.75) is 0 Å². The van der Waals surface area contributed by atoms with Crippen LogP contribution in [0.1, 0.15) is 0 Å². The first-order valence-corrected chi connectivity index (χ1v) is 31.7. The Morgan fingerprint density at radius 1 is 0.295 bits per heavy atom. The summed E-state index contributed by atoms with van der Waals surface area (Å²) in [6, 6.07) is 67.6. The summed E-state index contributed by atoms with van der Waals surface area (Å²) in [6.07, 6.45) is 6.37. The maximum absolute atomic E-state index is 11.3. The number of hydrogen-bond acceptors (Lipinski definition) is 25. The van der Waals surface area contributed by atoms with Crippen LogP contribution in [0, 0.1) is 40.5 Å². The third-order valence-corrected chi connectivity index (χ3v) is 15.2. The molecule has 13 rings (SSSR count). The Kier molecular flexibility index (Phi) is 24.7. The minimum Gasteiger partial charge on any atom is -0.497 e. The lowest BCUT2D eigenvalue weighted by Gasteiger charge is -2.09. The number of rotatable bonds is 22.